The first-order valence-electron chi connectivity index (χ1n) is 9.50. The van der Waals surface area contributed by atoms with Crippen molar-refractivity contribution in [2.45, 2.75) is 27.2 Å². The van der Waals surface area contributed by atoms with Gasteiger partial charge in [0.25, 0.3) is 0 Å². The van der Waals surface area contributed by atoms with E-state index in [1.54, 1.807) is 4.90 Å². The van der Waals surface area contributed by atoms with E-state index >= 15 is 0 Å². The Morgan fingerprint density at radius 2 is 1.63 bits per heavy atom. The van der Waals surface area contributed by atoms with Crippen LogP contribution in [0, 0.1) is 13.8 Å². The average molecular weight is 365 g/mol. The number of hydrogen-bond acceptors (Lipinski definition) is 3. The molecule has 2 amide bonds. The average Bonchev–Trinajstić information content (AvgIpc) is 2.70. The van der Waals surface area contributed by atoms with Crippen LogP contribution in [-0.4, -0.2) is 42.9 Å². The molecular weight excluding hydrogens is 338 g/mol. The van der Waals surface area contributed by atoms with Gasteiger partial charge in [-0.1, -0.05) is 31.2 Å². The van der Waals surface area contributed by atoms with Crippen LogP contribution < -0.4 is 10.2 Å². The van der Waals surface area contributed by atoms with E-state index in [0.29, 0.717) is 18.8 Å². The Balaban J connectivity index is 1.57. The van der Waals surface area contributed by atoms with E-state index in [1.807, 2.05) is 24.3 Å². The van der Waals surface area contributed by atoms with Gasteiger partial charge in [0, 0.05) is 37.6 Å². The second kappa shape index (κ2) is 8.25. The summed E-state index contributed by atoms with van der Waals surface area (Å²) in [5, 5.41) is 2.71. The molecule has 0 radical (unpaired) electrons. The highest BCUT2D eigenvalue weighted by Gasteiger charge is 2.26. The molecule has 1 heterocycles. The first-order valence-corrected chi connectivity index (χ1v) is 9.50. The number of rotatable bonds is 3. The summed E-state index contributed by atoms with van der Waals surface area (Å²) in [6.45, 7) is 8.87. The minimum absolute atomic E-state index is 0.463. The zero-order chi connectivity index (χ0) is 19.4. The number of carbonyl (C=O) groups is 2. The van der Waals surface area contributed by atoms with Crippen molar-refractivity contribution < 1.29 is 9.59 Å². The number of hydrogen-bond donors (Lipinski definition) is 1. The molecule has 5 heteroatoms. The van der Waals surface area contributed by atoms with Crippen molar-refractivity contribution in [3.63, 3.8) is 0 Å². The number of nitrogens with one attached hydrogen (secondary N) is 1. The van der Waals surface area contributed by atoms with Crippen LogP contribution in [0.5, 0.6) is 0 Å². The molecular formula is C22H27N3O2. The lowest BCUT2D eigenvalue weighted by molar-refractivity contribution is -0.143. The highest BCUT2D eigenvalue weighted by atomic mass is 16.2. The van der Waals surface area contributed by atoms with E-state index in [0.717, 1.165) is 19.5 Å². The Kier molecular flexibility index (Phi) is 5.79. The van der Waals surface area contributed by atoms with Crippen molar-refractivity contribution in [1.29, 1.82) is 0 Å². The largest absolute Gasteiger partial charge is 0.368 e. The van der Waals surface area contributed by atoms with E-state index < -0.39 is 11.8 Å². The quantitative estimate of drug-likeness (QED) is 0.850. The Bertz CT molecular complexity index is 822. The fourth-order valence-corrected chi connectivity index (χ4v) is 3.38. The summed E-state index contributed by atoms with van der Waals surface area (Å²) in [6, 6.07) is 13.9. The van der Waals surface area contributed by atoms with Crippen LogP contribution in [0.25, 0.3) is 0 Å². The molecule has 0 unspecified atom stereocenters. The lowest BCUT2D eigenvalue weighted by Gasteiger charge is -2.36. The normalized spacial score (nSPS) is 14.2. The summed E-state index contributed by atoms with van der Waals surface area (Å²) in [5.74, 6) is -1.03. The summed E-state index contributed by atoms with van der Waals surface area (Å²) < 4.78 is 0. The van der Waals surface area contributed by atoms with Gasteiger partial charge in [0.05, 0.1) is 0 Å². The van der Waals surface area contributed by atoms with Gasteiger partial charge in [-0.3, -0.25) is 9.59 Å². The molecule has 2 aromatic rings. The van der Waals surface area contributed by atoms with Crippen LogP contribution in [0.1, 0.15) is 23.6 Å². The van der Waals surface area contributed by atoms with Gasteiger partial charge < -0.3 is 15.1 Å². The Labute approximate surface area is 161 Å². The lowest BCUT2D eigenvalue weighted by Crippen LogP contribution is -2.51. The minimum Gasteiger partial charge on any atom is -0.368 e. The highest BCUT2D eigenvalue weighted by molar-refractivity contribution is 6.39. The molecule has 2 aromatic carbocycles. The molecule has 0 aromatic heterocycles. The maximum absolute atomic E-state index is 12.5. The van der Waals surface area contributed by atoms with E-state index in [9.17, 15) is 9.59 Å². The number of piperazine rings is 1. The van der Waals surface area contributed by atoms with Gasteiger partial charge in [-0.25, -0.2) is 0 Å². The number of anilines is 2. The molecule has 142 valence electrons. The van der Waals surface area contributed by atoms with Crippen molar-refractivity contribution in [3.8, 4) is 0 Å². The number of amides is 2. The summed E-state index contributed by atoms with van der Waals surface area (Å²) in [6.07, 6.45) is 0.942. The van der Waals surface area contributed by atoms with Crippen molar-refractivity contribution in [3.05, 3.63) is 59.2 Å². The third kappa shape index (κ3) is 4.30. The van der Waals surface area contributed by atoms with Gasteiger partial charge in [-0.15, -0.1) is 0 Å². The topological polar surface area (TPSA) is 52.7 Å². The number of aryl methyl sites for hydroxylation is 2. The van der Waals surface area contributed by atoms with Gasteiger partial charge in [0.1, 0.15) is 0 Å². The van der Waals surface area contributed by atoms with E-state index in [2.05, 4.69) is 49.2 Å². The third-order valence-electron chi connectivity index (χ3n) is 5.30. The summed E-state index contributed by atoms with van der Waals surface area (Å²) >= 11 is 0. The van der Waals surface area contributed by atoms with Crippen molar-refractivity contribution in [1.82, 2.24) is 4.90 Å². The van der Waals surface area contributed by atoms with Crippen molar-refractivity contribution in [2.75, 3.05) is 36.4 Å². The zero-order valence-corrected chi connectivity index (χ0v) is 16.3. The maximum atomic E-state index is 12.5. The smallest absolute Gasteiger partial charge is 0.313 e. The van der Waals surface area contributed by atoms with Gasteiger partial charge >= 0.3 is 11.8 Å². The maximum Gasteiger partial charge on any atom is 0.313 e. The Morgan fingerprint density at radius 1 is 0.963 bits per heavy atom. The molecule has 1 aliphatic rings. The van der Waals surface area contributed by atoms with E-state index in [-0.39, 0.29) is 0 Å². The molecule has 1 saturated heterocycles. The second-order valence-corrected chi connectivity index (χ2v) is 7.00. The Hall–Kier alpha value is -2.82. The number of nitrogens with zero attached hydrogens (tertiary/aromatic N) is 2. The van der Waals surface area contributed by atoms with Crippen LogP contribution in [0.2, 0.25) is 0 Å². The molecule has 0 saturated carbocycles. The molecule has 0 spiro atoms. The second-order valence-electron chi connectivity index (χ2n) is 7.00. The fraction of sp³-hybridized carbons (Fsp3) is 0.364. The Morgan fingerprint density at radius 3 is 2.26 bits per heavy atom. The monoisotopic (exact) mass is 365 g/mol. The third-order valence-corrected chi connectivity index (χ3v) is 5.30. The van der Waals surface area contributed by atoms with Crippen molar-refractivity contribution >= 4 is 23.2 Å². The van der Waals surface area contributed by atoms with Crippen molar-refractivity contribution in [2.24, 2.45) is 0 Å². The first kappa shape index (κ1) is 19.0. The molecule has 0 bridgehead atoms. The molecule has 0 aliphatic carbocycles. The molecule has 1 N–H and O–H groups in total. The van der Waals surface area contributed by atoms with Gasteiger partial charge in [-0.05, 0) is 55.2 Å². The predicted octanol–water partition coefficient (Wildman–Crippen LogP) is 3.15. The number of benzene rings is 2. The minimum atomic E-state index is -0.570. The summed E-state index contributed by atoms with van der Waals surface area (Å²) in [7, 11) is 0. The van der Waals surface area contributed by atoms with Crippen LogP contribution in [-0.2, 0) is 16.0 Å². The first-order chi connectivity index (χ1) is 13.0. The standard InChI is InChI=1S/C22H27N3O2/c1-4-18-8-10-19(11-9-18)23-21(26)22(27)25-14-12-24(13-15-25)20-7-5-6-16(2)17(20)3/h5-11H,4,12-15H2,1-3H3,(H,23,26). The van der Waals surface area contributed by atoms with Gasteiger partial charge in [0.2, 0.25) is 0 Å². The summed E-state index contributed by atoms with van der Waals surface area (Å²) in [5.41, 5.74) is 5.59. The fourth-order valence-electron chi connectivity index (χ4n) is 3.38. The predicted molar refractivity (Wildman–Crippen MR) is 109 cm³/mol. The van der Waals surface area contributed by atoms with E-state index in [1.165, 1.54) is 22.4 Å². The van der Waals surface area contributed by atoms with E-state index in [4.69, 9.17) is 0 Å². The summed E-state index contributed by atoms with van der Waals surface area (Å²) in [4.78, 5) is 28.7. The van der Waals surface area contributed by atoms with Gasteiger partial charge in [0.15, 0.2) is 0 Å². The molecule has 5 nitrogen and oxygen atoms in total. The highest BCUT2D eigenvalue weighted by Crippen LogP contribution is 2.24. The SMILES string of the molecule is CCc1ccc(NC(=O)C(=O)N2CCN(c3cccc(C)c3C)CC2)cc1. The van der Waals surface area contributed by atoms with Crippen LogP contribution in [0.15, 0.2) is 42.5 Å². The molecule has 1 aliphatic heterocycles. The molecule has 27 heavy (non-hydrogen) atoms. The van der Waals surface area contributed by atoms with Crippen LogP contribution in [0.4, 0.5) is 11.4 Å². The molecule has 1 fully saturated rings. The van der Waals surface area contributed by atoms with Crippen LogP contribution >= 0.6 is 0 Å². The van der Waals surface area contributed by atoms with Crippen LogP contribution in [0.3, 0.4) is 0 Å². The molecule has 0 atom stereocenters. The molecule has 3 rings (SSSR count). The lowest BCUT2D eigenvalue weighted by atomic mass is 10.1. The zero-order valence-electron chi connectivity index (χ0n) is 16.3. The number of carbonyl (C=O) groups excluding carboxylic acids is 2. The van der Waals surface area contributed by atoms with Gasteiger partial charge in [-0.2, -0.15) is 0 Å².